The van der Waals surface area contributed by atoms with Crippen molar-refractivity contribution in [1.29, 1.82) is 0 Å². The molecule has 0 aliphatic carbocycles. The number of amides is 1. The van der Waals surface area contributed by atoms with Gasteiger partial charge in [0, 0.05) is 18.2 Å². The molecule has 0 aromatic heterocycles. The summed E-state index contributed by atoms with van der Waals surface area (Å²) in [6, 6.07) is 19.5. The molecule has 0 N–H and O–H groups in total. The molecule has 0 saturated heterocycles. The molecule has 108 valence electrons. The Balaban J connectivity index is 2.17. The number of hydrogen-bond acceptors (Lipinski definition) is 1. The molecule has 1 amide bonds. The van der Waals surface area contributed by atoms with E-state index in [1.165, 1.54) is 0 Å². The Morgan fingerprint density at radius 1 is 0.952 bits per heavy atom. The highest BCUT2D eigenvalue weighted by Crippen LogP contribution is 2.17. The van der Waals surface area contributed by atoms with Gasteiger partial charge >= 0.3 is 0 Å². The second-order valence-corrected chi connectivity index (χ2v) is 5.36. The van der Waals surface area contributed by atoms with Crippen LogP contribution >= 0.6 is 0 Å². The maximum absolute atomic E-state index is 12.6. The minimum Gasteiger partial charge on any atom is -0.332 e. The Hall–Kier alpha value is -2.35. The van der Waals surface area contributed by atoms with Crippen molar-refractivity contribution in [2.75, 3.05) is 6.54 Å². The van der Waals surface area contributed by atoms with E-state index in [-0.39, 0.29) is 11.9 Å². The largest absolute Gasteiger partial charge is 0.332 e. The minimum absolute atomic E-state index is 0.0441. The van der Waals surface area contributed by atoms with Gasteiger partial charge in [-0.15, -0.1) is 0 Å². The Morgan fingerprint density at radius 3 is 1.90 bits per heavy atom. The summed E-state index contributed by atoms with van der Waals surface area (Å²) in [5.41, 5.74) is 2.74. The molecule has 0 fully saturated rings. The van der Waals surface area contributed by atoms with E-state index in [1.807, 2.05) is 79.4 Å². The maximum atomic E-state index is 12.6. The van der Waals surface area contributed by atoms with Crippen LogP contribution in [0.5, 0.6) is 0 Å². The summed E-state index contributed by atoms with van der Waals surface area (Å²) in [6.45, 7) is 8.72. The average Bonchev–Trinajstić information content (AvgIpc) is 2.53. The lowest BCUT2D eigenvalue weighted by atomic mass is 10.1. The first-order chi connectivity index (χ1) is 10.1. The van der Waals surface area contributed by atoms with E-state index < -0.39 is 0 Å². The molecule has 0 saturated carbocycles. The molecule has 2 nitrogen and oxygen atoms in total. The van der Waals surface area contributed by atoms with E-state index in [2.05, 4.69) is 6.58 Å². The minimum atomic E-state index is 0.0441. The maximum Gasteiger partial charge on any atom is 0.254 e. The van der Waals surface area contributed by atoms with Crippen LogP contribution in [0.4, 0.5) is 0 Å². The molecule has 0 heterocycles. The van der Waals surface area contributed by atoms with Crippen LogP contribution in [0.3, 0.4) is 0 Å². The standard InChI is InChI=1S/C19H21NO/c1-15(2)20(19(21)18-12-8-5-9-13-18)14-16(3)17-10-6-4-7-11-17/h4-13,15H,3,14H2,1-2H3. The second-order valence-electron chi connectivity index (χ2n) is 5.36. The first-order valence-electron chi connectivity index (χ1n) is 7.19. The van der Waals surface area contributed by atoms with Crippen LogP contribution in [0.2, 0.25) is 0 Å². The van der Waals surface area contributed by atoms with Crippen LogP contribution in [0.25, 0.3) is 5.57 Å². The fraction of sp³-hybridized carbons (Fsp3) is 0.211. The molecular weight excluding hydrogens is 258 g/mol. The van der Waals surface area contributed by atoms with E-state index in [9.17, 15) is 4.79 Å². The zero-order valence-corrected chi connectivity index (χ0v) is 12.6. The molecule has 0 aliphatic heterocycles. The van der Waals surface area contributed by atoms with Crippen LogP contribution in [0, 0.1) is 0 Å². The van der Waals surface area contributed by atoms with Crippen LogP contribution in [0.15, 0.2) is 67.2 Å². The molecule has 2 heteroatoms. The molecule has 0 atom stereocenters. The Labute approximate surface area is 126 Å². The predicted molar refractivity (Wildman–Crippen MR) is 88.1 cm³/mol. The highest BCUT2D eigenvalue weighted by Gasteiger charge is 2.19. The normalized spacial score (nSPS) is 10.4. The van der Waals surface area contributed by atoms with Gasteiger partial charge in [0.1, 0.15) is 0 Å². The summed E-state index contributed by atoms with van der Waals surface area (Å²) in [5, 5.41) is 0. The fourth-order valence-electron chi connectivity index (χ4n) is 2.21. The van der Waals surface area contributed by atoms with Crippen molar-refractivity contribution in [3.63, 3.8) is 0 Å². The number of benzene rings is 2. The number of rotatable bonds is 5. The van der Waals surface area contributed by atoms with Crippen LogP contribution in [-0.2, 0) is 0 Å². The molecule has 2 rings (SSSR count). The molecule has 21 heavy (non-hydrogen) atoms. The lowest BCUT2D eigenvalue weighted by molar-refractivity contribution is 0.0732. The summed E-state index contributed by atoms with van der Waals surface area (Å²) >= 11 is 0. The van der Waals surface area contributed by atoms with Crippen molar-refractivity contribution in [3.05, 3.63) is 78.4 Å². The third kappa shape index (κ3) is 3.82. The molecule has 0 bridgehead atoms. The number of nitrogens with zero attached hydrogens (tertiary/aromatic N) is 1. The first kappa shape index (κ1) is 15.0. The van der Waals surface area contributed by atoms with Crippen molar-refractivity contribution in [2.24, 2.45) is 0 Å². The van der Waals surface area contributed by atoms with Crippen molar-refractivity contribution in [1.82, 2.24) is 4.90 Å². The van der Waals surface area contributed by atoms with E-state index >= 15 is 0 Å². The van der Waals surface area contributed by atoms with Crippen LogP contribution in [0.1, 0.15) is 29.8 Å². The summed E-state index contributed by atoms with van der Waals surface area (Å²) in [5.74, 6) is 0.0441. The highest BCUT2D eigenvalue weighted by molar-refractivity contribution is 5.95. The number of carbonyl (C=O) groups is 1. The Morgan fingerprint density at radius 2 is 1.43 bits per heavy atom. The summed E-state index contributed by atoms with van der Waals surface area (Å²) in [6.07, 6.45) is 0. The van der Waals surface area contributed by atoms with E-state index in [0.29, 0.717) is 12.1 Å². The topological polar surface area (TPSA) is 20.3 Å². The lowest BCUT2D eigenvalue weighted by Crippen LogP contribution is -2.38. The first-order valence-corrected chi connectivity index (χ1v) is 7.19. The van der Waals surface area contributed by atoms with E-state index in [0.717, 1.165) is 11.1 Å². The summed E-state index contributed by atoms with van der Waals surface area (Å²) < 4.78 is 0. The van der Waals surface area contributed by atoms with E-state index in [4.69, 9.17) is 0 Å². The molecule has 0 spiro atoms. The van der Waals surface area contributed by atoms with Gasteiger partial charge in [0.2, 0.25) is 0 Å². The fourth-order valence-corrected chi connectivity index (χ4v) is 2.21. The number of hydrogen-bond donors (Lipinski definition) is 0. The number of carbonyl (C=O) groups excluding carboxylic acids is 1. The zero-order valence-electron chi connectivity index (χ0n) is 12.6. The Kier molecular flexibility index (Phi) is 4.94. The van der Waals surface area contributed by atoms with Crippen molar-refractivity contribution in [3.8, 4) is 0 Å². The smallest absolute Gasteiger partial charge is 0.254 e. The molecule has 0 unspecified atom stereocenters. The zero-order chi connectivity index (χ0) is 15.2. The van der Waals surface area contributed by atoms with Gasteiger partial charge in [-0.2, -0.15) is 0 Å². The van der Waals surface area contributed by atoms with Crippen molar-refractivity contribution >= 4 is 11.5 Å². The van der Waals surface area contributed by atoms with Gasteiger partial charge in [0.05, 0.1) is 0 Å². The van der Waals surface area contributed by atoms with Crippen LogP contribution in [-0.4, -0.2) is 23.4 Å². The average molecular weight is 279 g/mol. The lowest BCUT2D eigenvalue weighted by Gasteiger charge is -2.28. The Bertz CT molecular complexity index is 602. The SMILES string of the molecule is C=C(CN(C(=O)c1ccccc1)C(C)C)c1ccccc1. The van der Waals surface area contributed by atoms with Crippen molar-refractivity contribution < 1.29 is 4.79 Å². The highest BCUT2D eigenvalue weighted by atomic mass is 16.2. The predicted octanol–water partition coefficient (Wildman–Crippen LogP) is 4.25. The third-order valence-corrected chi connectivity index (χ3v) is 3.45. The monoisotopic (exact) mass is 279 g/mol. The molecule has 0 radical (unpaired) electrons. The van der Waals surface area contributed by atoms with Crippen molar-refractivity contribution in [2.45, 2.75) is 19.9 Å². The summed E-state index contributed by atoms with van der Waals surface area (Å²) in [7, 11) is 0. The third-order valence-electron chi connectivity index (χ3n) is 3.45. The second kappa shape index (κ2) is 6.89. The molecule has 0 aliphatic rings. The van der Waals surface area contributed by atoms with Gasteiger partial charge in [-0.1, -0.05) is 55.1 Å². The molecule has 2 aromatic rings. The van der Waals surface area contributed by atoms with Gasteiger partial charge in [0.25, 0.3) is 5.91 Å². The molecular formula is C19H21NO. The van der Waals surface area contributed by atoms with Gasteiger partial charge < -0.3 is 4.90 Å². The summed E-state index contributed by atoms with van der Waals surface area (Å²) in [4.78, 5) is 14.5. The van der Waals surface area contributed by atoms with Gasteiger partial charge in [-0.25, -0.2) is 0 Å². The quantitative estimate of drug-likeness (QED) is 0.801. The van der Waals surface area contributed by atoms with Gasteiger partial charge in [-0.05, 0) is 37.1 Å². The molecule has 2 aromatic carbocycles. The van der Waals surface area contributed by atoms with Crippen LogP contribution < -0.4 is 0 Å². The van der Waals surface area contributed by atoms with Gasteiger partial charge in [-0.3, -0.25) is 4.79 Å². The van der Waals surface area contributed by atoms with Gasteiger partial charge in [0.15, 0.2) is 0 Å². The van der Waals surface area contributed by atoms with E-state index in [1.54, 1.807) is 0 Å².